The Morgan fingerprint density at radius 3 is 2.72 bits per heavy atom. The van der Waals surface area contributed by atoms with Gasteiger partial charge in [-0.05, 0) is 69.7 Å². The van der Waals surface area contributed by atoms with Gasteiger partial charge in [0, 0.05) is 11.1 Å². The molecule has 0 saturated carbocycles. The highest BCUT2D eigenvalue weighted by atomic mass is 35.5. The lowest BCUT2D eigenvalue weighted by atomic mass is 9.87. The van der Waals surface area contributed by atoms with Crippen LogP contribution in [0.2, 0.25) is 5.02 Å². The minimum atomic E-state index is -0.495. The molecule has 1 aromatic rings. The zero-order valence-corrected chi connectivity index (χ0v) is 16.9. The molecule has 1 N–H and O–H groups in total. The largest absolute Gasteiger partial charge is 0.459 e. The molecule has 1 aromatic carbocycles. The molecule has 1 aliphatic rings. The molecule has 0 heterocycles. The maximum atomic E-state index is 13.5. The van der Waals surface area contributed by atoms with Crippen LogP contribution in [0.1, 0.15) is 58.1 Å². The molecule has 0 bridgehead atoms. The number of carbonyl (C=O) groups excluding carboxylic acids is 1. The SMILES string of the molecule is CCCC(N[C@H]1CCc2cc(F)cc(Cl)c2C1)C(=O)OC(C)(C)C.Cl. The number of carbonyl (C=O) groups is 1. The van der Waals surface area contributed by atoms with Crippen LogP contribution in [0.15, 0.2) is 12.1 Å². The summed E-state index contributed by atoms with van der Waals surface area (Å²) in [5.74, 6) is -0.497. The standard InChI is InChI=1S/C19H27ClFNO2.ClH/c1-5-6-17(18(23)24-19(2,3)4)22-14-8-7-12-9-13(21)10-16(20)15(12)11-14;/h9-10,14,17,22H,5-8,11H2,1-4H3;1H/t14-,17?;/m0./s1. The van der Waals surface area contributed by atoms with Gasteiger partial charge in [-0.15, -0.1) is 12.4 Å². The minimum Gasteiger partial charge on any atom is -0.459 e. The Labute approximate surface area is 161 Å². The Kier molecular flexibility index (Phi) is 8.17. The number of nitrogens with one attached hydrogen (secondary N) is 1. The van der Waals surface area contributed by atoms with Crippen LogP contribution in [0.4, 0.5) is 4.39 Å². The van der Waals surface area contributed by atoms with E-state index in [9.17, 15) is 9.18 Å². The number of esters is 1. The van der Waals surface area contributed by atoms with E-state index in [2.05, 4.69) is 12.2 Å². The first-order valence-corrected chi connectivity index (χ1v) is 9.03. The number of rotatable bonds is 5. The van der Waals surface area contributed by atoms with Crippen molar-refractivity contribution in [2.24, 2.45) is 0 Å². The van der Waals surface area contributed by atoms with Crippen LogP contribution in [0.25, 0.3) is 0 Å². The van der Waals surface area contributed by atoms with Crippen molar-refractivity contribution in [2.45, 2.75) is 77.5 Å². The fourth-order valence-electron chi connectivity index (χ4n) is 3.14. The molecule has 1 aliphatic carbocycles. The average molecular weight is 392 g/mol. The molecule has 2 atom stereocenters. The van der Waals surface area contributed by atoms with Crippen LogP contribution < -0.4 is 5.32 Å². The average Bonchev–Trinajstić information content (AvgIpc) is 2.45. The number of hydrogen-bond acceptors (Lipinski definition) is 3. The van der Waals surface area contributed by atoms with Crippen molar-refractivity contribution in [3.63, 3.8) is 0 Å². The summed E-state index contributed by atoms with van der Waals surface area (Å²) in [4.78, 5) is 12.4. The second-order valence-corrected chi connectivity index (χ2v) is 7.91. The highest BCUT2D eigenvalue weighted by molar-refractivity contribution is 6.31. The number of benzene rings is 1. The minimum absolute atomic E-state index is 0. The summed E-state index contributed by atoms with van der Waals surface area (Å²) in [6.07, 6.45) is 3.95. The summed E-state index contributed by atoms with van der Waals surface area (Å²) < 4.78 is 19.0. The Hall–Kier alpha value is -0.840. The molecule has 0 fully saturated rings. The van der Waals surface area contributed by atoms with Gasteiger partial charge >= 0.3 is 5.97 Å². The fraction of sp³-hybridized carbons (Fsp3) is 0.632. The van der Waals surface area contributed by atoms with Crippen molar-refractivity contribution < 1.29 is 13.9 Å². The maximum absolute atomic E-state index is 13.5. The van der Waals surface area contributed by atoms with Crippen molar-refractivity contribution in [2.75, 3.05) is 0 Å². The van der Waals surface area contributed by atoms with E-state index in [1.54, 1.807) is 6.07 Å². The predicted octanol–water partition coefficient (Wildman–Crippen LogP) is 4.86. The van der Waals surface area contributed by atoms with Crippen LogP contribution in [0, 0.1) is 5.82 Å². The summed E-state index contributed by atoms with van der Waals surface area (Å²) in [5.41, 5.74) is 1.47. The molecular weight excluding hydrogens is 364 g/mol. The van der Waals surface area contributed by atoms with Crippen molar-refractivity contribution in [3.8, 4) is 0 Å². The van der Waals surface area contributed by atoms with Crippen LogP contribution in [-0.4, -0.2) is 23.7 Å². The summed E-state index contributed by atoms with van der Waals surface area (Å²) >= 11 is 6.20. The molecule has 0 aromatic heterocycles. The van der Waals surface area contributed by atoms with Crippen LogP contribution in [0.3, 0.4) is 0 Å². The van der Waals surface area contributed by atoms with Gasteiger partial charge in [-0.25, -0.2) is 4.39 Å². The molecule has 1 unspecified atom stereocenters. The number of fused-ring (bicyclic) bond motifs is 1. The molecule has 6 heteroatoms. The van der Waals surface area contributed by atoms with Crippen LogP contribution in [-0.2, 0) is 22.4 Å². The molecule has 0 radical (unpaired) electrons. The highest BCUT2D eigenvalue weighted by Crippen LogP contribution is 2.29. The smallest absolute Gasteiger partial charge is 0.323 e. The summed E-state index contributed by atoms with van der Waals surface area (Å²) in [6, 6.07) is 2.75. The second-order valence-electron chi connectivity index (χ2n) is 7.51. The van der Waals surface area contributed by atoms with Crippen molar-refractivity contribution in [1.82, 2.24) is 5.32 Å². The lowest BCUT2D eigenvalue weighted by molar-refractivity contribution is -0.158. The van der Waals surface area contributed by atoms with E-state index >= 15 is 0 Å². The highest BCUT2D eigenvalue weighted by Gasteiger charge is 2.29. The van der Waals surface area contributed by atoms with Gasteiger partial charge < -0.3 is 10.1 Å². The Morgan fingerprint density at radius 1 is 1.44 bits per heavy atom. The fourth-order valence-corrected chi connectivity index (χ4v) is 3.45. The van der Waals surface area contributed by atoms with E-state index in [4.69, 9.17) is 16.3 Å². The maximum Gasteiger partial charge on any atom is 0.323 e. The molecule has 142 valence electrons. The van der Waals surface area contributed by atoms with Gasteiger partial charge in [0.05, 0.1) is 0 Å². The van der Waals surface area contributed by atoms with Gasteiger partial charge in [0.1, 0.15) is 17.5 Å². The Morgan fingerprint density at radius 2 is 2.12 bits per heavy atom. The van der Waals surface area contributed by atoms with Gasteiger partial charge in [-0.3, -0.25) is 4.79 Å². The van der Waals surface area contributed by atoms with Crippen molar-refractivity contribution in [1.29, 1.82) is 0 Å². The topological polar surface area (TPSA) is 38.3 Å². The third-order valence-corrected chi connectivity index (χ3v) is 4.51. The Bertz CT molecular complexity index is 602. The third-order valence-electron chi connectivity index (χ3n) is 4.17. The zero-order valence-electron chi connectivity index (χ0n) is 15.3. The van der Waals surface area contributed by atoms with E-state index in [-0.39, 0.29) is 36.3 Å². The molecule has 2 rings (SSSR count). The van der Waals surface area contributed by atoms with Gasteiger partial charge in [0.2, 0.25) is 0 Å². The normalized spacial score (nSPS) is 18.1. The summed E-state index contributed by atoms with van der Waals surface area (Å²) in [5, 5.41) is 3.91. The van der Waals surface area contributed by atoms with E-state index in [0.717, 1.165) is 36.8 Å². The number of hydrogen-bond donors (Lipinski definition) is 1. The first-order valence-electron chi connectivity index (χ1n) is 8.65. The quantitative estimate of drug-likeness (QED) is 0.728. The van der Waals surface area contributed by atoms with E-state index in [1.165, 1.54) is 6.07 Å². The number of ether oxygens (including phenoxy) is 1. The van der Waals surface area contributed by atoms with Gasteiger partial charge in [0.25, 0.3) is 0 Å². The second kappa shape index (κ2) is 9.20. The first-order chi connectivity index (χ1) is 11.2. The van der Waals surface area contributed by atoms with Crippen LogP contribution in [0.5, 0.6) is 0 Å². The molecular formula is C19H28Cl2FNO2. The molecule has 0 spiro atoms. The van der Waals surface area contributed by atoms with E-state index in [1.807, 2.05) is 20.8 Å². The van der Waals surface area contributed by atoms with Crippen LogP contribution >= 0.6 is 24.0 Å². The number of aryl methyl sites for hydroxylation is 1. The molecule has 0 aliphatic heterocycles. The molecule has 3 nitrogen and oxygen atoms in total. The first kappa shape index (κ1) is 22.2. The van der Waals surface area contributed by atoms with Crippen molar-refractivity contribution >= 4 is 30.0 Å². The van der Waals surface area contributed by atoms with Gasteiger partial charge in [0.15, 0.2) is 0 Å². The van der Waals surface area contributed by atoms with Gasteiger partial charge in [-0.1, -0.05) is 24.9 Å². The lowest BCUT2D eigenvalue weighted by Crippen LogP contribution is -2.47. The summed E-state index contributed by atoms with van der Waals surface area (Å²) in [6.45, 7) is 7.67. The van der Waals surface area contributed by atoms with Crippen molar-refractivity contribution in [3.05, 3.63) is 34.1 Å². The van der Waals surface area contributed by atoms with E-state index < -0.39 is 5.60 Å². The molecule has 0 saturated heterocycles. The van der Waals surface area contributed by atoms with Gasteiger partial charge in [-0.2, -0.15) is 0 Å². The van der Waals surface area contributed by atoms with E-state index in [0.29, 0.717) is 11.4 Å². The predicted molar refractivity (Wildman–Crippen MR) is 102 cm³/mol. The lowest BCUT2D eigenvalue weighted by Gasteiger charge is -2.31. The number of halogens is 3. The summed E-state index contributed by atoms with van der Waals surface area (Å²) in [7, 11) is 0. The third kappa shape index (κ3) is 6.43. The molecule has 25 heavy (non-hydrogen) atoms. The zero-order chi connectivity index (χ0) is 17.9. The monoisotopic (exact) mass is 391 g/mol. The molecule has 0 amide bonds. The Balaban J connectivity index is 0.00000312.